The zero-order chi connectivity index (χ0) is 10.5. The molecule has 6 nitrogen and oxygen atoms in total. The molecule has 0 aromatic rings. The van der Waals surface area contributed by atoms with Crippen molar-refractivity contribution in [3.63, 3.8) is 0 Å². The molecule has 0 spiro atoms. The maximum absolute atomic E-state index is 10.5. The molecular weight excluding hydrogens is 192 g/mol. The van der Waals surface area contributed by atoms with Crippen LogP contribution in [0, 0.1) is 0 Å². The first kappa shape index (κ1) is 15.3. The molecule has 6 heteroatoms. The second-order valence-electron chi connectivity index (χ2n) is 3.01. The highest BCUT2D eigenvalue weighted by atomic mass is 16.4. The minimum Gasteiger partial charge on any atom is -0.481 e. The van der Waals surface area contributed by atoms with Crippen LogP contribution in [0.1, 0.15) is 32.6 Å². The third-order valence-corrected chi connectivity index (χ3v) is 1.79. The Hall–Kier alpha value is -1.14. The van der Waals surface area contributed by atoms with Crippen LogP contribution in [-0.4, -0.2) is 38.3 Å². The van der Waals surface area contributed by atoms with Crippen molar-refractivity contribution in [3.8, 4) is 0 Å². The lowest BCUT2D eigenvalue weighted by Gasteiger charge is -2.20. The molecule has 0 aliphatic heterocycles. The van der Waals surface area contributed by atoms with Gasteiger partial charge < -0.3 is 20.8 Å². The van der Waals surface area contributed by atoms with Crippen molar-refractivity contribution in [2.45, 2.75) is 38.2 Å². The molecule has 0 radical (unpaired) electrons. The van der Waals surface area contributed by atoms with Crippen LogP contribution in [0.3, 0.4) is 0 Å². The number of carbonyl (C=O) groups is 2. The molecule has 84 valence electrons. The van der Waals surface area contributed by atoms with Crippen LogP contribution in [0.25, 0.3) is 0 Å². The fourth-order valence-electron chi connectivity index (χ4n) is 0.990. The summed E-state index contributed by atoms with van der Waals surface area (Å²) in [6.45, 7) is 1.84. The number of aliphatic carboxylic acids is 2. The Kier molecular flexibility index (Phi) is 6.94. The summed E-state index contributed by atoms with van der Waals surface area (Å²) in [5.41, 5.74) is -2.11. The van der Waals surface area contributed by atoms with Crippen molar-refractivity contribution >= 4 is 11.9 Å². The van der Waals surface area contributed by atoms with Gasteiger partial charge in [0.1, 0.15) is 0 Å². The molecule has 5 N–H and O–H groups in total. The van der Waals surface area contributed by atoms with Gasteiger partial charge in [0.2, 0.25) is 0 Å². The van der Waals surface area contributed by atoms with E-state index in [1.54, 1.807) is 0 Å². The molecule has 0 heterocycles. The van der Waals surface area contributed by atoms with Gasteiger partial charge in [-0.15, -0.1) is 0 Å². The molecule has 1 atom stereocenters. The van der Waals surface area contributed by atoms with E-state index in [-0.39, 0.29) is 11.9 Å². The van der Waals surface area contributed by atoms with E-state index in [0.29, 0.717) is 6.42 Å². The number of hydrogen-bond acceptors (Lipinski definition) is 3. The van der Waals surface area contributed by atoms with Crippen molar-refractivity contribution in [1.29, 1.82) is 0 Å². The first-order valence-corrected chi connectivity index (χ1v) is 4.10. The lowest BCUT2D eigenvalue weighted by atomic mass is 9.93. The van der Waals surface area contributed by atoms with Crippen molar-refractivity contribution < 1.29 is 30.4 Å². The number of aliphatic hydroxyl groups is 1. The second kappa shape index (κ2) is 6.33. The third-order valence-electron chi connectivity index (χ3n) is 1.79. The predicted molar refractivity (Wildman–Crippen MR) is 48.0 cm³/mol. The van der Waals surface area contributed by atoms with Gasteiger partial charge >= 0.3 is 11.9 Å². The molecule has 0 fully saturated rings. The van der Waals surface area contributed by atoms with Crippen molar-refractivity contribution in [1.82, 2.24) is 0 Å². The quantitative estimate of drug-likeness (QED) is 0.549. The van der Waals surface area contributed by atoms with Crippen molar-refractivity contribution in [3.05, 3.63) is 0 Å². The Balaban J connectivity index is 0. The highest BCUT2D eigenvalue weighted by molar-refractivity contribution is 5.83. The smallest absolute Gasteiger partial charge is 0.336 e. The predicted octanol–water partition coefficient (Wildman–Crippen LogP) is -0.358. The average Bonchev–Trinajstić information content (AvgIpc) is 1.99. The number of carboxylic acids is 2. The van der Waals surface area contributed by atoms with Gasteiger partial charge in [0.15, 0.2) is 5.60 Å². The molecule has 0 saturated carbocycles. The van der Waals surface area contributed by atoms with E-state index in [9.17, 15) is 14.7 Å². The van der Waals surface area contributed by atoms with E-state index in [0.717, 1.165) is 6.42 Å². The molecule has 1 unspecified atom stereocenters. The van der Waals surface area contributed by atoms with Gasteiger partial charge in [-0.3, -0.25) is 4.79 Å². The summed E-state index contributed by atoms with van der Waals surface area (Å²) in [5, 5.41) is 26.4. The minimum absolute atomic E-state index is 0. The summed E-state index contributed by atoms with van der Waals surface area (Å²) in [5.74, 6) is -2.77. The van der Waals surface area contributed by atoms with Gasteiger partial charge in [-0.2, -0.15) is 0 Å². The first-order chi connectivity index (χ1) is 5.92. The maximum atomic E-state index is 10.5. The van der Waals surface area contributed by atoms with Gasteiger partial charge in [-0.05, 0) is 6.42 Å². The van der Waals surface area contributed by atoms with Gasteiger partial charge in [-0.1, -0.05) is 19.8 Å². The van der Waals surface area contributed by atoms with Crippen LogP contribution in [0.4, 0.5) is 0 Å². The van der Waals surface area contributed by atoms with Gasteiger partial charge in [-0.25, -0.2) is 4.79 Å². The molecule has 0 aromatic heterocycles. The van der Waals surface area contributed by atoms with Crippen LogP contribution in [-0.2, 0) is 9.59 Å². The summed E-state index contributed by atoms with van der Waals surface area (Å²) >= 11 is 0. The maximum Gasteiger partial charge on any atom is 0.336 e. The van der Waals surface area contributed by atoms with E-state index in [4.69, 9.17) is 10.2 Å². The molecule has 0 aromatic carbocycles. The number of rotatable bonds is 6. The monoisotopic (exact) mass is 208 g/mol. The molecular formula is C8H16O6. The molecule has 14 heavy (non-hydrogen) atoms. The van der Waals surface area contributed by atoms with E-state index >= 15 is 0 Å². The second-order valence-corrected chi connectivity index (χ2v) is 3.01. The molecule has 0 aliphatic rings. The zero-order valence-electron chi connectivity index (χ0n) is 7.99. The topological polar surface area (TPSA) is 126 Å². The summed E-state index contributed by atoms with van der Waals surface area (Å²) in [7, 11) is 0. The lowest BCUT2D eigenvalue weighted by Crippen LogP contribution is -2.40. The molecule has 0 amide bonds. The highest BCUT2D eigenvalue weighted by Crippen LogP contribution is 2.18. The number of carboxylic acid groups (broad SMARTS) is 2. The van der Waals surface area contributed by atoms with Crippen molar-refractivity contribution in [2.75, 3.05) is 0 Å². The molecule has 0 saturated heterocycles. The van der Waals surface area contributed by atoms with Gasteiger partial charge in [0.25, 0.3) is 0 Å². The highest BCUT2D eigenvalue weighted by Gasteiger charge is 2.37. The fourth-order valence-corrected chi connectivity index (χ4v) is 0.990. The molecule has 0 bridgehead atoms. The molecule has 0 aliphatic carbocycles. The SMILES string of the molecule is CCCCC(O)(CC(=O)O)C(=O)O.O. The Morgan fingerprint density at radius 3 is 2.07 bits per heavy atom. The van der Waals surface area contributed by atoms with E-state index in [2.05, 4.69) is 0 Å². The van der Waals surface area contributed by atoms with Crippen LogP contribution in [0.15, 0.2) is 0 Å². The van der Waals surface area contributed by atoms with Crippen LogP contribution < -0.4 is 0 Å². The summed E-state index contributed by atoms with van der Waals surface area (Å²) < 4.78 is 0. The van der Waals surface area contributed by atoms with Crippen molar-refractivity contribution in [2.24, 2.45) is 0 Å². The summed E-state index contributed by atoms with van der Waals surface area (Å²) in [4.78, 5) is 20.8. The summed E-state index contributed by atoms with van der Waals surface area (Å²) in [6, 6.07) is 0. The van der Waals surface area contributed by atoms with Crippen LogP contribution in [0.2, 0.25) is 0 Å². The van der Waals surface area contributed by atoms with E-state index in [1.165, 1.54) is 0 Å². The van der Waals surface area contributed by atoms with Gasteiger partial charge in [0, 0.05) is 0 Å². The standard InChI is InChI=1S/C8H14O5.H2O/c1-2-3-4-8(13,7(11)12)5-6(9)10;/h13H,2-5H2,1H3,(H,9,10)(H,11,12);1H2. The average molecular weight is 208 g/mol. The van der Waals surface area contributed by atoms with E-state index < -0.39 is 24.0 Å². The van der Waals surface area contributed by atoms with Crippen LogP contribution >= 0.6 is 0 Å². The normalized spacial score (nSPS) is 13.9. The van der Waals surface area contributed by atoms with Crippen LogP contribution in [0.5, 0.6) is 0 Å². The molecule has 0 rings (SSSR count). The lowest BCUT2D eigenvalue weighted by molar-refractivity contribution is -0.166. The Morgan fingerprint density at radius 1 is 1.29 bits per heavy atom. The number of hydrogen-bond donors (Lipinski definition) is 3. The fraction of sp³-hybridized carbons (Fsp3) is 0.750. The minimum atomic E-state index is -2.11. The van der Waals surface area contributed by atoms with E-state index in [1.807, 2.05) is 6.92 Å². The third kappa shape index (κ3) is 4.78. The Morgan fingerprint density at radius 2 is 1.79 bits per heavy atom. The Bertz CT molecular complexity index is 202. The zero-order valence-corrected chi connectivity index (χ0v) is 7.99. The number of unbranched alkanes of at least 4 members (excludes halogenated alkanes) is 1. The largest absolute Gasteiger partial charge is 0.481 e. The first-order valence-electron chi connectivity index (χ1n) is 4.10. The van der Waals surface area contributed by atoms with Gasteiger partial charge in [0.05, 0.1) is 6.42 Å². The summed E-state index contributed by atoms with van der Waals surface area (Å²) in [6.07, 6.45) is 0.443. The Labute approximate surface area is 81.5 Å².